The Morgan fingerprint density at radius 1 is 1.18 bits per heavy atom. The molecule has 0 aromatic rings. The van der Waals surface area contributed by atoms with Crippen LogP contribution in [0.3, 0.4) is 0 Å². The van der Waals surface area contributed by atoms with Crippen LogP contribution in [0.25, 0.3) is 0 Å². The number of hydrogen-bond donors (Lipinski definition) is 0. The summed E-state index contributed by atoms with van der Waals surface area (Å²) >= 11 is 0. The molecule has 0 aromatic heterocycles. The van der Waals surface area contributed by atoms with Gasteiger partial charge in [-0.2, -0.15) is 0 Å². The lowest BCUT2D eigenvalue weighted by Crippen LogP contribution is -2.43. The Morgan fingerprint density at radius 2 is 1.76 bits per heavy atom. The highest BCUT2D eigenvalue weighted by Gasteiger charge is 2.37. The smallest absolute Gasteiger partial charge is 0.377 e. The Kier molecular flexibility index (Phi) is 5.25. The zero-order valence-corrected chi connectivity index (χ0v) is 11.5. The van der Waals surface area contributed by atoms with Gasteiger partial charge in [0.05, 0.1) is 13.0 Å². The van der Waals surface area contributed by atoms with Gasteiger partial charge in [-0.15, -0.1) is 0 Å². The highest BCUT2D eigenvalue weighted by atomic mass is 28.4. The topological polar surface area (TPSA) is 65.1 Å². The van der Waals surface area contributed by atoms with E-state index in [0.717, 1.165) is 0 Å². The van der Waals surface area contributed by atoms with Gasteiger partial charge in [0, 0.05) is 33.9 Å². The molecule has 0 radical (unpaired) electrons. The largest absolute Gasteiger partial charge is 0.500 e. The van der Waals surface area contributed by atoms with Crippen LogP contribution in [0.1, 0.15) is 12.8 Å². The van der Waals surface area contributed by atoms with Gasteiger partial charge in [-0.1, -0.05) is 0 Å². The van der Waals surface area contributed by atoms with Gasteiger partial charge < -0.3 is 18.2 Å². The molecule has 98 valence electrons. The van der Waals surface area contributed by atoms with Crippen molar-refractivity contribution in [1.82, 2.24) is 4.90 Å². The van der Waals surface area contributed by atoms with Gasteiger partial charge >= 0.3 is 8.80 Å². The molecule has 17 heavy (non-hydrogen) atoms. The van der Waals surface area contributed by atoms with Crippen molar-refractivity contribution in [2.75, 3.05) is 34.4 Å². The summed E-state index contributed by atoms with van der Waals surface area (Å²) in [6.07, 6.45) is 0.752. The zero-order chi connectivity index (χ0) is 12.9. The highest BCUT2D eigenvalue weighted by molar-refractivity contribution is 6.60. The first-order chi connectivity index (χ1) is 8.06. The molecule has 1 saturated heterocycles. The summed E-state index contributed by atoms with van der Waals surface area (Å²) in [5.41, 5.74) is 0. The fourth-order valence-corrected chi connectivity index (χ4v) is 3.59. The molecule has 0 atom stereocenters. The Bertz CT molecular complexity index is 284. The maximum Gasteiger partial charge on any atom is 0.500 e. The number of amides is 1. The summed E-state index contributed by atoms with van der Waals surface area (Å²) in [7, 11) is 2.13. The first-order valence-electron chi connectivity index (χ1n) is 5.52. The summed E-state index contributed by atoms with van der Waals surface area (Å²) in [6.45, 7) is 0.787. The molecule has 0 aromatic carbocycles. The molecule has 7 heteroatoms. The molecule has 0 unspecified atom stereocenters. The third-order valence-electron chi connectivity index (χ3n) is 2.91. The van der Waals surface area contributed by atoms with E-state index in [-0.39, 0.29) is 24.7 Å². The van der Waals surface area contributed by atoms with Crippen LogP contribution in [-0.4, -0.2) is 59.8 Å². The molecule has 0 bridgehead atoms. The molecule has 1 fully saturated rings. The van der Waals surface area contributed by atoms with Crippen molar-refractivity contribution in [3.05, 3.63) is 0 Å². The van der Waals surface area contributed by atoms with Gasteiger partial charge in [-0.3, -0.25) is 9.59 Å². The number of Topliss-reactive ketones (excluding diaryl/α,β-unsaturated/α-hetero) is 1. The van der Waals surface area contributed by atoms with Crippen molar-refractivity contribution in [3.63, 3.8) is 0 Å². The Morgan fingerprint density at radius 3 is 2.18 bits per heavy atom. The number of carbonyl (C=O) groups excluding carboxylic acids is 2. The molecule has 6 nitrogen and oxygen atoms in total. The Labute approximate surface area is 102 Å². The van der Waals surface area contributed by atoms with Crippen molar-refractivity contribution in [1.29, 1.82) is 0 Å². The molecular weight excluding hydrogens is 242 g/mol. The summed E-state index contributed by atoms with van der Waals surface area (Å²) in [6, 6.07) is 0.633. The molecule has 1 aliphatic rings. The normalized spacial score (nSPS) is 17.0. The second-order valence-electron chi connectivity index (χ2n) is 3.93. The van der Waals surface area contributed by atoms with Crippen LogP contribution in [0.15, 0.2) is 0 Å². The van der Waals surface area contributed by atoms with Crippen molar-refractivity contribution in [2.24, 2.45) is 0 Å². The van der Waals surface area contributed by atoms with Crippen LogP contribution < -0.4 is 0 Å². The first kappa shape index (κ1) is 14.3. The lowest BCUT2D eigenvalue weighted by Gasteiger charge is -2.25. The number of likely N-dealkylation sites (tertiary alicyclic amines) is 1. The van der Waals surface area contributed by atoms with Gasteiger partial charge in [-0.05, 0) is 6.42 Å². The summed E-state index contributed by atoms with van der Waals surface area (Å²) in [5.74, 6) is -0.0988. The third kappa shape index (κ3) is 3.60. The molecule has 1 rings (SSSR count). The van der Waals surface area contributed by atoms with Gasteiger partial charge in [0.2, 0.25) is 5.91 Å². The number of hydrogen-bond acceptors (Lipinski definition) is 5. The minimum Gasteiger partial charge on any atom is -0.377 e. The fourth-order valence-electron chi connectivity index (χ4n) is 1.88. The van der Waals surface area contributed by atoms with Gasteiger partial charge in [-0.25, -0.2) is 0 Å². The highest BCUT2D eigenvalue weighted by Crippen LogP contribution is 2.16. The molecule has 1 amide bonds. The number of rotatable bonds is 7. The monoisotopic (exact) mass is 261 g/mol. The minimum absolute atomic E-state index is 0.0104. The second kappa shape index (κ2) is 6.25. The van der Waals surface area contributed by atoms with Gasteiger partial charge in [0.25, 0.3) is 0 Å². The van der Waals surface area contributed by atoms with E-state index in [4.69, 9.17) is 13.3 Å². The van der Waals surface area contributed by atoms with E-state index in [9.17, 15) is 9.59 Å². The van der Waals surface area contributed by atoms with Crippen LogP contribution in [0.4, 0.5) is 0 Å². The molecule has 0 aliphatic carbocycles. The summed E-state index contributed by atoms with van der Waals surface area (Å²) in [5, 5.41) is 0. The zero-order valence-electron chi connectivity index (χ0n) is 10.5. The fraction of sp³-hybridized carbons (Fsp3) is 0.800. The number of carbonyl (C=O) groups is 2. The Hall–Kier alpha value is -0.763. The summed E-state index contributed by atoms with van der Waals surface area (Å²) < 4.78 is 15.8. The van der Waals surface area contributed by atoms with Crippen molar-refractivity contribution >= 4 is 20.5 Å². The number of ketones is 1. The van der Waals surface area contributed by atoms with Crippen LogP contribution >= 0.6 is 0 Å². The molecule has 1 heterocycles. The average molecular weight is 261 g/mol. The standard InChI is InChI=1S/C10H19NO5Si/c1-14-17(15-2,16-3)6-4-5-11-8-9(12)7-10(11)13/h4-8H2,1-3H3. The third-order valence-corrected chi connectivity index (χ3v) is 5.74. The molecule has 0 N–H and O–H groups in total. The maximum atomic E-state index is 11.4. The van der Waals surface area contributed by atoms with Gasteiger partial charge in [0.1, 0.15) is 0 Å². The van der Waals surface area contributed by atoms with E-state index in [1.54, 1.807) is 26.2 Å². The van der Waals surface area contributed by atoms with E-state index < -0.39 is 8.80 Å². The van der Waals surface area contributed by atoms with Crippen LogP contribution in [0.2, 0.25) is 6.04 Å². The average Bonchev–Trinajstić information content (AvgIpc) is 2.64. The van der Waals surface area contributed by atoms with E-state index in [1.807, 2.05) is 0 Å². The maximum absolute atomic E-state index is 11.4. The lowest BCUT2D eigenvalue weighted by molar-refractivity contribution is -0.127. The molecule has 0 saturated carbocycles. The minimum atomic E-state index is -2.55. The van der Waals surface area contributed by atoms with Crippen LogP contribution in [0.5, 0.6) is 0 Å². The van der Waals surface area contributed by atoms with Crippen LogP contribution in [0, 0.1) is 0 Å². The predicted molar refractivity (Wildman–Crippen MR) is 62.4 cm³/mol. The second-order valence-corrected chi connectivity index (χ2v) is 7.02. The SMILES string of the molecule is CO[Si](CCCN1CC(=O)CC1=O)(OC)OC. The van der Waals surface area contributed by atoms with E-state index >= 15 is 0 Å². The van der Waals surface area contributed by atoms with Crippen molar-refractivity contribution in [2.45, 2.75) is 18.9 Å². The van der Waals surface area contributed by atoms with Crippen LogP contribution in [-0.2, 0) is 22.9 Å². The molecule has 0 spiro atoms. The quantitative estimate of drug-likeness (QED) is 0.479. The van der Waals surface area contributed by atoms with E-state index in [1.165, 1.54) is 0 Å². The molecule has 1 aliphatic heterocycles. The molecular formula is C10H19NO5Si. The Balaban J connectivity index is 2.36. The van der Waals surface area contributed by atoms with Crippen molar-refractivity contribution in [3.8, 4) is 0 Å². The predicted octanol–water partition coefficient (Wildman–Crippen LogP) is 0.0560. The van der Waals surface area contributed by atoms with Gasteiger partial charge in [0.15, 0.2) is 5.78 Å². The van der Waals surface area contributed by atoms with E-state index in [0.29, 0.717) is 19.0 Å². The van der Waals surface area contributed by atoms with E-state index in [2.05, 4.69) is 0 Å². The summed E-state index contributed by atoms with van der Waals surface area (Å²) in [4.78, 5) is 24.0. The number of nitrogens with zero attached hydrogens (tertiary/aromatic N) is 1. The first-order valence-corrected chi connectivity index (χ1v) is 7.45. The lowest BCUT2D eigenvalue weighted by atomic mass is 10.3. The van der Waals surface area contributed by atoms with Crippen molar-refractivity contribution < 1.29 is 22.9 Å².